The smallest absolute Gasteiger partial charge is 0.330 e. The molecule has 2 rings (SSSR count). The predicted octanol–water partition coefficient (Wildman–Crippen LogP) is 1.57. The summed E-state index contributed by atoms with van der Waals surface area (Å²) in [5.74, 6) is 0. The number of aromatic nitrogens is 2. The van der Waals surface area contributed by atoms with Gasteiger partial charge >= 0.3 is 5.69 Å². The molecule has 0 aliphatic carbocycles. The molecule has 0 bridgehead atoms. The lowest BCUT2D eigenvalue weighted by Gasteiger charge is -2.11. The van der Waals surface area contributed by atoms with Crippen LogP contribution in [-0.2, 0) is 14.1 Å². The third-order valence-corrected chi connectivity index (χ3v) is 3.07. The molecular formula is C14H17N5O2. The predicted molar refractivity (Wildman–Crippen MR) is 81.9 cm³/mol. The number of benzene rings is 1. The van der Waals surface area contributed by atoms with E-state index in [0.717, 1.165) is 10.3 Å². The normalized spacial score (nSPS) is 11.0. The third kappa shape index (κ3) is 3.07. The summed E-state index contributed by atoms with van der Waals surface area (Å²) in [5.41, 5.74) is 0.945. The average molecular weight is 287 g/mol. The van der Waals surface area contributed by atoms with Crippen molar-refractivity contribution in [2.24, 2.45) is 24.3 Å². The first-order valence-corrected chi connectivity index (χ1v) is 6.36. The van der Waals surface area contributed by atoms with Crippen LogP contribution in [0.4, 0.5) is 17.1 Å². The van der Waals surface area contributed by atoms with Crippen LogP contribution in [0.1, 0.15) is 0 Å². The fourth-order valence-electron chi connectivity index (χ4n) is 1.79. The first-order chi connectivity index (χ1) is 9.90. The molecule has 1 aromatic carbocycles. The zero-order valence-corrected chi connectivity index (χ0v) is 12.4. The van der Waals surface area contributed by atoms with Crippen molar-refractivity contribution < 1.29 is 0 Å². The molecule has 0 unspecified atom stereocenters. The topological polar surface area (TPSA) is 72.0 Å². The summed E-state index contributed by atoms with van der Waals surface area (Å²) >= 11 is 0. The lowest BCUT2D eigenvalue weighted by Crippen LogP contribution is -2.35. The second-order valence-electron chi connectivity index (χ2n) is 4.88. The van der Waals surface area contributed by atoms with E-state index in [0.29, 0.717) is 5.69 Å². The molecule has 0 N–H and O–H groups in total. The lowest BCUT2D eigenvalue weighted by molar-refractivity contribution is 0.685. The van der Waals surface area contributed by atoms with Crippen molar-refractivity contribution in [1.82, 2.24) is 9.13 Å². The lowest BCUT2D eigenvalue weighted by atomic mass is 10.3. The molecule has 1 heterocycles. The Morgan fingerprint density at radius 1 is 1.00 bits per heavy atom. The largest absolute Gasteiger partial charge is 0.378 e. The van der Waals surface area contributed by atoms with Gasteiger partial charge in [-0.15, -0.1) is 5.11 Å². The van der Waals surface area contributed by atoms with Crippen LogP contribution in [0, 0.1) is 0 Å². The van der Waals surface area contributed by atoms with E-state index in [1.165, 1.54) is 17.8 Å². The van der Waals surface area contributed by atoms with Crippen LogP contribution >= 0.6 is 0 Å². The van der Waals surface area contributed by atoms with Crippen LogP contribution < -0.4 is 16.1 Å². The van der Waals surface area contributed by atoms with E-state index in [4.69, 9.17) is 0 Å². The minimum atomic E-state index is -0.466. The Hall–Kier alpha value is -2.70. The monoisotopic (exact) mass is 287 g/mol. The van der Waals surface area contributed by atoms with Crippen LogP contribution in [0.15, 0.2) is 50.3 Å². The standard InChI is InChI=1S/C14H17N5O2/c1-17(2)11-7-5-10(6-8-11)15-16-12-9-18(3)14(21)19(4)13(12)20/h5-9H,1-4H3. The van der Waals surface area contributed by atoms with E-state index in [1.807, 2.05) is 43.3 Å². The fourth-order valence-corrected chi connectivity index (χ4v) is 1.79. The molecule has 110 valence electrons. The molecule has 0 aliphatic rings. The molecule has 0 atom stereocenters. The molecule has 0 radical (unpaired) electrons. The van der Waals surface area contributed by atoms with Gasteiger partial charge in [-0.05, 0) is 24.3 Å². The van der Waals surface area contributed by atoms with Gasteiger partial charge in [-0.25, -0.2) is 4.79 Å². The molecule has 1 aromatic heterocycles. The van der Waals surface area contributed by atoms with Crippen molar-refractivity contribution in [3.05, 3.63) is 51.3 Å². The van der Waals surface area contributed by atoms with Gasteiger partial charge in [-0.3, -0.25) is 9.36 Å². The molecule has 0 aliphatic heterocycles. The molecule has 7 heteroatoms. The Bertz CT molecular complexity index is 784. The van der Waals surface area contributed by atoms with Crippen LogP contribution in [0.2, 0.25) is 0 Å². The van der Waals surface area contributed by atoms with Gasteiger partial charge in [0.15, 0.2) is 5.69 Å². The van der Waals surface area contributed by atoms with Crippen molar-refractivity contribution in [3.8, 4) is 0 Å². The summed E-state index contributed by atoms with van der Waals surface area (Å²) in [7, 11) is 6.87. The van der Waals surface area contributed by atoms with E-state index in [1.54, 1.807) is 7.05 Å². The van der Waals surface area contributed by atoms with Crippen molar-refractivity contribution in [2.45, 2.75) is 0 Å². The van der Waals surface area contributed by atoms with Crippen molar-refractivity contribution in [1.29, 1.82) is 0 Å². The highest BCUT2D eigenvalue weighted by atomic mass is 16.2. The molecule has 0 spiro atoms. The zero-order valence-electron chi connectivity index (χ0n) is 12.4. The number of hydrogen-bond acceptors (Lipinski definition) is 5. The summed E-state index contributed by atoms with van der Waals surface area (Å²) in [4.78, 5) is 25.4. The van der Waals surface area contributed by atoms with Gasteiger partial charge in [0.2, 0.25) is 0 Å². The molecule has 0 amide bonds. The van der Waals surface area contributed by atoms with Crippen LogP contribution in [-0.4, -0.2) is 23.2 Å². The number of rotatable bonds is 3. The van der Waals surface area contributed by atoms with Gasteiger partial charge in [-0.2, -0.15) is 5.11 Å². The minimum absolute atomic E-state index is 0.122. The summed E-state index contributed by atoms with van der Waals surface area (Å²) in [6.07, 6.45) is 1.38. The Labute approximate surface area is 121 Å². The van der Waals surface area contributed by atoms with Crippen LogP contribution in [0.25, 0.3) is 0 Å². The highest BCUT2D eigenvalue weighted by molar-refractivity contribution is 5.51. The third-order valence-electron chi connectivity index (χ3n) is 3.07. The molecule has 0 fully saturated rings. The molecule has 7 nitrogen and oxygen atoms in total. The van der Waals surface area contributed by atoms with E-state index in [9.17, 15) is 9.59 Å². The SMILES string of the molecule is CN(C)c1ccc(N=Nc2cn(C)c(=O)n(C)c2=O)cc1. The van der Waals surface area contributed by atoms with Crippen molar-refractivity contribution in [3.63, 3.8) is 0 Å². The first-order valence-electron chi connectivity index (χ1n) is 6.36. The van der Waals surface area contributed by atoms with Gasteiger partial charge in [-0.1, -0.05) is 0 Å². The highest BCUT2D eigenvalue weighted by Gasteiger charge is 2.05. The molecule has 0 saturated carbocycles. The maximum atomic E-state index is 11.9. The average Bonchev–Trinajstić information content (AvgIpc) is 2.48. The summed E-state index contributed by atoms with van der Waals surface area (Å²) in [5, 5.41) is 7.96. The van der Waals surface area contributed by atoms with E-state index < -0.39 is 11.2 Å². The number of nitrogens with zero attached hydrogens (tertiary/aromatic N) is 5. The fraction of sp³-hybridized carbons (Fsp3) is 0.286. The number of azo groups is 1. The molecule has 21 heavy (non-hydrogen) atoms. The Kier molecular flexibility index (Phi) is 4.02. The zero-order chi connectivity index (χ0) is 15.6. The van der Waals surface area contributed by atoms with Gasteiger partial charge in [0.1, 0.15) is 0 Å². The Morgan fingerprint density at radius 3 is 2.19 bits per heavy atom. The van der Waals surface area contributed by atoms with Gasteiger partial charge in [0, 0.05) is 40.1 Å². The molecule has 2 aromatic rings. The second-order valence-corrected chi connectivity index (χ2v) is 4.88. The quantitative estimate of drug-likeness (QED) is 0.804. The van der Waals surface area contributed by atoms with Gasteiger partial charge < -0.3 is 9.47 Å². The van der Waals surface area contributed by atoms with Gasteiger partial charge in [0.05, 0.1) is 5.69 Å². The van der Waals surface area contributed by atoms with Crippen LogP contribution in [0.5, 0.6) is 0 Å². The summed E-state index contributed by atoms with van der Waals surface area (Å²) < 4.78 is 2.30. The summed E-state index contributed by atoms with van der Waals surface area (Å²) in [6, 6.07) is 7.44. The van der Waals surface area contributed by atoms with E-state index >= 15 is 0 Å². The van der Waals surface area contributed by atoms with E-state index in [-0.39, 0.29) is 5.69 Å². The second kappa shape index (κ2) is 5.74. The minimum Gasteiger partial charge on any atom is -0.378 e. The molecular weight excluding hydrogens is 270 g/mol. The van der Waals surface area contributed by atoms with Crippen molar-refractivity contribution in [2.75, 3.05) is 19.0 Å². The number of aryl methyl sites for hydroxylation is 1. The highest BCUT2D eigenvalue weighted by Crippen LogP contribution is 2.19. The Morgan fingerprint density at radius 2 is 1.62 bits per heavy atom. The van der Waals surface area contributed by atoms with Gasteiger partial charge in [0.25, 0.3) is 5.56 Å². The maximum absolute atomic E-state index is 11.9. The van der Waals surface area contributed by atoms with Crippen LogP contribution in [0.3, 0.4) is 0 Å². The number of hydrogen-bond donors (Lipinski definition) is 0. The Balaban J connectivity index is 2.34. The molecule has 0 saturated heterocycles. The first kappa shape index (κ1) is 14.7. The maximum Gasteiger partial charge on any atom is 0.330 e. The summed E-state index contributed by atoms with van der Waals surface area (Å²) in [6.45, 7) is 0. The van der Waals surface area contributed by atoms with Crippen molar-refractivity contribution >= 4 is 17.1 Å². The number of anilines is 1. The van der Waals surface area contributed by atoms with E-state index in [2.05, 4.69) is 10.2 Å².